The fraction of sp³-hybridized carbons (Fsp3) is 0.837. The summed E-state index contributed by atoms with van der Waals surface area (Å²) in [6, 6.07) is -1.10. The van der Waals surface area contributed by atoms with Gasteiger partial charge in [-0.05, 0) is 51.9 Å². The van der Waals surface area contributed by atoms with Crippen molar-refractivity contribution in [3.63, 3.8) is 0 Å². The summed E-state index contributed by atoms with van der Waals surface area (Å²) >= 11 is 0. The van der Waals surface area contributed by atoms with E-state index in [9.17, 15) is 38.7 Å². The molecule has 2 atom stereocenters. The molecule has 0 heterocycles. The van der Waals surface area contributed by atoms with Gasteiger partial charge in [0.05, 0.1) is 33.0 Å². The molecule has 16 nitrogen and oxygen atoms in total. The maximum absolute atomic E-state index is 12.3. The van der Waals surface area contributed by atoms with Gasteiger partial charge in [0, 0.05) is 51.3 Å². The first-order valence-corrected chi connectivity index (χ1v) is 22.1. The highest BCUT2D eigenvalue weighted by Crippen LogP contribution is 2.14. The molecule has 0 aliphatic heterocycles. The summed E-state index contributed by atoms with van der Waals surface area (Å²) in [7, 11) is 0. The molecule has 0 aliphatic carbocycles. The smallest absolute Gasteiger partial charge is 0.326 e. The number of carboxylic acids is 2. The zero-order valence-corrected chi connectivity index (χ0v) is 36.2. The SMILES string of the molecule is CC[C@@H](CCCCNC(=O)COCCOCCNC(=O)COCCOCCCC(=O)CCC(NC(=O)CCCCCCCCCCCCCCC(=O)O)C(=O)O)C(C)=O. The zero-order chi connectivity index (χ0) is 43.8. The van der Waals surface area contributed by atoms with Gasteiger partial charge in [-0.3, -0.25) is 28.8 Å². The van der Waals surface area contributed by atoms with Crippen molar-refractivity contribution in [1.29, 1.82) is 0 Å². The van der Waals surface area contributed by atoms with Gasteiger partial charge >= 0.3 is 11.9 Å². The van der Waals surface area contributed by atoms with Crippen molar-refractivity contribution in [3.05, 3.63) is 0 Å². The lowest BCUT2D eigenvalue weighted by molar-refractivity contribution is -0.142. The standard InChI is InChI=1S/C43H77N3O13/c1-3-36(35(2)47)19-16-17-25-44-40(50)33-59-32-30-57-28-26-45-41(51)34-58-31-29-56-27-18-20-37(48)23-24-38(43(54)55)46-39(49)21-14-12-10-8-6-4-5-7-9-11-13-15-22-42(52)53/h36,38H,3-34H2,1-2H3,(H,44,50)(H,45,51)(H,46,49)(H,52,53)(H,54,55)/t36-,38?/m0/s1. The number of ketones is 2. The predicted molar refractivity (Wildman–Crippen MR) is 223 cm³/mol. The first kappa shape index (κ1) is 55.5. The van der Waals surface area contributed by atoms with E-state index in [1.165, 1.54) is 19.3 Å². The largest absolute Gasteiger partial charge is 0.481 e. The van der Waals surface area contributed by atoms with E-state index < -0.39 is 18.0 Å². The summed E-state index contributed by atoms with van der Waals surface area (Å²) < 4.78 is 21.4. The molecule has 0 bridgehead atoms. The number of carboxylic acid groups (broad SMARTS) is 2. The third-order valence-electron chi connectivity index (χ3n) is 9.78. The number of hydrogen-bond donors (Lipinski definition) is 5. The van der Waals surface area contributed by atoms with Crippen molar-refractivity contribution in [2.75, 3.05) is 65.9 Å². The molecule has 1 unspecified atom stereocenters. The number of rotatable bonds is 44. The third-order valence-corrected chi connectivity index (χ3v) is 9.78. The molecular weight excluding hydrogens is 766 g/mol. The number of amides is 3. The Kier molecular flexibility index (Phi) is 37.6. The first-order valence-electron chi connectivity index (χ1n) is 22.1. The lowest BCUT2D eigenvalue weighted by Gasteiger charge is -2.14. The van der Waals surface area contributed by atoms with Crippen LogP contribution in [0, 0.1) is 5.92 Å². The van der Waals surface area contributed by atoms with Gasteiger partial charge < -0.3 is 45.1 Å². The van der Waals surface area contributed by atoms with Crippen LogP contribution in [0.15, 0.2) is 0 Å². The maximum Gasteiger partial charge on any atom is 0.326 e. The van der Waals surface area contributed by atoms with E-state index in [4.69, 9.17) is 24.1 Å². The van der Waals surface area contributed by atoms with Gasteiger partial charge in [-0.2, -0.15) is 0 Å². The summed E-state index contributed by atoms with van der Waals surface area (Å²) in [5.41, 5.74) is 0. The van der Waals surface area contributed by atoms with Crippen molar-refractivity contribution in [1.82, 2.24) is 16.0 Å². The van der Waals surface area contributed by atoms with Gasteiger partial charge in [-0.15, -0.1) is 0 Å². The minimum absolute atomic E-state index is 0.0336. The highest BCUT2D eigenvalue weighted by Gasteiger charge is 2.21. The second-order valence-corrected chi connectivity index (χ2v) is 15.0. The summed E-state index contributed by atoms with van der Waals surface area (Å²) in [5, 5.41) is 26.2. The van der Waals surface area contributed by atoms with Gasteiger partial charge in [0.2, 0.25) is 17.7 Å². The number of ether oxygens (including phenoxy) is 4. The van der Waals surface area contributed by atoms with Crippen molar-refractivity contribution >= 4 is 41.2 Å². The minimum atomic E-state index is -1.16. The fourth-order valence-electron chi connectivity index (χ4n) is 6.23. The summed E-state index contributed by atoms with van der Waals surface area (Å²) in [4.78, 5) is 82.0. The number of unbranched alkanes of at least 4 members (excludes halogenated alkanes) is 12. The molecule has 0 spiro atoms. The second kappa shape index (κ2) is 40.0. The Balaban J connectivity index is 3.66. The van der Waals surface area contributed by atoms with E-state index in [0.29, 0.717) is 32.5 Å². The van der Waals surface area contributed by atoms with Crippen LogP contribution < -0.4 is 16.0 Å². The molecule has 3 amide bonds. The van der Waals surface area contributed by atoms with Crippen LogP contribution in [0.4, 0.5) is 0 Å². The topological polar surface area (TPSA) is 233 Å². The summed E-state index contributed by atoms with van der Waals surface area (Å²) in [6.45, 7) is 5.81. The molecule has 0 rings (SSSR count). The molecule has 0 saturated heterocycles. The van der Waals surface area contributed by atoms with Crippen molar-refractivity contribution < 1.29 is 62.7 Å². The van der Waals surface area contributed by atoms with Crippen LogP contribution in [-0.2, 0) is 52.5 Å². The molecule has 59 heavy (non-hydrogen) atoms. The number of aliphatic carboxylic acids is 2. The van der Waals surface area contributed by atoms with Crippen LogP contribution in [0.3, 0.4) is 0 Å². The minimum Gasteiger partial charge on any atom is -0.481 e. The Morgan fingerprint density at radius 3 is 1.53 bits per heavy atom. The molecule has 0 aromatic carbocycles. The predicted octanol–water partition coefficient (Wildman–Crippen LogP) is 5.32. The van der Waals surface area contributed by atoms with Crippen molar-refractivity contribution in [3.8, 4) is 0 Å². The van der Waals surface area contributed by atoms with Crippen LogP contribution in [0.1, 0.15) is 155 Å². The average Bonchev–Trinajstić information content (AvgIpc) is 3.19. The molecule has 0 aliphatic rings. The number of Topliss-reactive ketones (excluding diaryl/α,β-unsaturated/α-hetero) is 2. The Labute approximate surface area is 352 Å². The molecule has 0 saturated carbocycles. The Morgan fingerprint density at radius 2 is 1.00 bits per heavy atom. The molecular formula is C43H77N3O13. The summed E-state index contributed by atoms with van der Waals surface area (Å²) in [5.74, 6) is -2.50. The maximum atomic E-state index is 12.3. The van der Waals surface area contributed by atoms with E-state index >= 15 is 0 Å². The molecule has 5 N–H and O–H groups in total. The zero-order valence-electron chi connectivity index (χ0n) is 36.2. The van der Waals surface area contributed by atoms with Crippen LogP contribution >= 0.6 is 0 Å². The highest BCUT2D eigenvalue weighted by molar-refractivity contribution is 5.84. The Bertz CT molecular complexity index is 1150. The van der Waals surface area contributed by atoms with E-state index in [-0.39, 0.29) is 114 Å². The number of hydrogen-bond acceptors (Lipinski definition) is 11. The molecule has 342 valence electrons. The normalized spacial score (nSPS) is 12.1. The van der Waals surface area contributed by atoms with Crippen LogP contribution in [0.2, 0.25) is 0 Å². The van der Waals surface area contributed by atoms with Gasteiger partial charge in [0.15, 0.2) is 0 Å². The lowest BCUT2D eigenvalue weighted by Crippen LogP contribution is -2.41. The van der Waals surface area contributed by atoms with E-state index in [1.807, 2.05) is 6.92 Å². The number of carbonyl (C=O) groups excluding carboxylic acids is 5. The monoisotopic (exact) mass is 844 g/mol. The summed E-state index contributed by atoms with van der Waals surface area (Å²) in [6.07, 6.45) is 17.0. The fourth-order valence-corrected chi connectivity index (χ4v) is 6.23. The first-order chi connectivity index (χ1) is 28.5. The number of carbonyl (C=O) groups is 7. The van der Waals surface area contributed by atoms with Gasteiger partial charge in [0.1, 0.15) is 30.8 Å². The van der Waals surface area contributed by atoms with Crippen molar-refractivity contribution in [2.45, 2.75) is 161 Å². The molecule has 0 radical (unpaired) electrons. The van der Waals surface area contributed by atoms with Crippen LogP contribution in [0.5, 0.6) is 0 Å². The molecule has 16 heteroatoms. The molecule has 0 aromatic rings. The van der Waals surface area contributed by atoms with Crippen LogP contribution in [-0.4, -0.2) is 123 Å². The van der Waals surface area contributed by atoms with E-state index in [2.05, 4.69) is 16.0 Å². The van der Waals surface area contributed by atoms with E-state index in [1.54, 1.807) is 6.92 Å². The van der Waals surface area contributed by atoms with Gasteiger partial charge in [0.25, 0.3) is 0 Å². The van der Waals surface area contributed by atoms with Gasteiger partial charge in [-0.1, -0.05) is 77.6 Å². The Morgan fingerprint density at radius 1 is 0.492 bits per heavy atom. The van der Waals surface area contributed by atoms with Crippen LogP contribution in [0.25, 0.3) is 0 Å². The van der Waals surface area contributed by atoms with Crippen molar-refractivity contribution in [2.24, 2.45) is 5.92 Å². The molecule has 0 aromatic heterocycles. The Hall–Kier alpha value is -3.47. The number of nitrogens with one attached hydrogen (secondary N) is 3. The van der Waals surface area contributed by atoms with E-state index in [0.717, 1.165) is 77.0 Å². The second-order valence-electron chi connectivity index (χ2n) is 15.0. The lowest BCUT2D eigenvalue weighted by atomic mass is 9.95. The highest BCUT2D eigenvalue weighted by atomic mass is 16.5. The van der Waals surface area contributed by atoms with Gasteiger partial charge in [-0.25, -0.2) is 4.79 Å². The average molecular weight is 844 g/mol. The quantitative estimate of drug-likeness (QED) is 0.0490. The molecule has 0 fully saturated rings. The third kappa shape index (κ3) is 38.5.